The maximum absolute atomic E-state index is 12.6. The molecule has 0 atom stereocenters. The predicted octanol–water partition coefficient (Wildman–Crippen LogP) is 5.41. The van der Waals surface area contributed by atoms with Crippen molar-refractivity contribution in [2.75, 3.05) is 0 Å². The van der Waals surface area contributed by atoms with Gasteiger partial charge in [-0.1, -0.05) is 11.6 Å². The summed E-state index contributed by atoms with van der Waals surface area (Å²) in [5.74, 6) is -0.468. The van der Waals surface area contributed by atoms with E-state index in [0.29, 0.717) is 10.6 Å². The van der Waals surface area contributed by atoms with Gasteiger partial charge in [0, 0.05) is 16.0 Å². The van der Waals surface area contributed by atoms with E-state index in [0.717, 1.165) is 16.7 Å². The Morgan fingerprint density at radius 1 is 1.21 bits per heavy atom. The van der Waals surface area contributed by atoms with Crippen molar-refractivity contribution in [1.29, 1.82) is 0 Å². The largest absolute Gasteiger partial charge is 0.418 e. The molecule has 2 aromatic rings. The van der Waals surface area contributed by atoms with E-state index in [1.165, 1.54) is 24.3 Å². The zero-order valence-corrected chi connectivity index (χ0v) is 12.3. The topological polar surface area (TPSA) is 17.1 Å². The van der Waals surface area contributed by atoms with Crippen molar-refractivity contribution in [2.45, 2.75) is 6.18 Å². The maximum atomic E-state index is 12.6. The summed E-state index contributed by atoms with van der Waals surface area (Å²) in [7, 11) is 0. The lowest BCUT2D eigenvalue weighted by atomic mass is 10.1. The van der Waals surface area contributed by atoms with E-state index in [9.17, 15) is 18.0 Å². The zero-order chi connectivity index (χ0) is 14.2. The lowest BCUT2D eigenvalue weighted by molar-refractivity contribution is -0.137. The highest BCUT2D eigenvalue weighted by Gasteiger charge is 2.36. The standard InChI is InChI=1S/C12H5BrClF3OS/c13-9-8(12(15,16)17)5-19-11(9)10(18)6-1-3-7(14)4-2-6/h1-5H. The summed E-state index contributed by atoms with van der Waals surface area (Å²) in [5.41, 5.74) is -0.546. The quantitative estimate of drug-likeness (QED) is 0.647. The fourth-order valence-corrected chi connectivity index (χ4v) is 3.42. The van der Waals surface area contributed by atoms with Crippen LogP contribution in [0.25, 0.3) is 0 Å². The molecular weight excluding hydrogens is 365 g/mol. The number of thiophene rings is 1. The molecule has 0 N–H and O–H groups in total. The van der Waals surface area contributed by atoms with Crippen LogP contribution in [0.4, 0.5) is 13.2 Å². The molecule has 0 aliphatic heterocycles. The van der Waals surface area contributed by atoms with Gasteiger partial charge in [0.2, 0.25) is 5.78 Å². The Balaban J connectivity index is 2.40. The van der Waals surface area contributed by atoms with Crippen LogP contribution in [0.15, 0.2) is 34.1 Å². The summed E-state index contributed by atoms with van der Waals surface area (Å²) in [6.45, 7) is 0. The minimum absolute atomic E-state index is 0.0228. The molecule has 1 nitrogen and oxygen atoms in total. The molecule has 1 aromatic heterocycles. The van der Waals surface area contributed by atoms with Gasteiger partial charge in [-0.2, -0.15) is 13.2 Å². The van der Waals surface area contributed by atoms with E-state index in [-0.39, 0.29) is 9.35 Å². The number of hydrogen-bond acceptors (Lipinski definition) is 2. The van der Waals surface area contributed by atoms with Gasteiger partial charge in [0.25, 0.3) is 0 Å². The predicted molar refractivity (Wildman–Crippen MR) is 71.9 cm³/mol. The number of carbonyl (C=O) groups is 1. The fraction of sp³-hybridized carbons (Fsp3) is 0.0833. The van der Waals surface area contributed by atoms with Crippen molar-refractivity contribution < 1.29 is 18.0 Å². The van der Waals surface area contributed by atoms with E-state index in [2.05, 4.69) is 15.9 Å². The van der Waals surface area contributed by atoms with Crippen LogP contribution in [-0.4, -0.2) is 5.78 Å². The van der Waals surface area contributed by atoms with Crippen molar-refractivity contribution in [3.8, 4) is 0 Å². The number of halogens is 5. The third-order valence-corrected chi connectivity index (χ3v) is 4.67. The van der Waals surface area contributed by atoms with E-state index in [1.807, 2.05) is 0 Å². The van der Waals surface area contributed by atoms with Gasteiger partial charge in [-0.05, 0) is 40.2 Å². The zero-order valence-electron chi connectivity index (χ0n) is 9.09. The van der Waals surface area contributed by atoms with E-state index in [4.69, 9.17) is 11.6 Å². The lowest BCUT2D eigenvalue weighted by Crippen LogP contribution is -2.05. The third-order valence-electron chi connectivity index (χ3n) is 2.35. The molecule has 0 aliphatic carbocycles. The van der Waals surface area contributed by atoms with Gasteiger partial charge in [0.15, 0.2) is 0 Å². The summed E-state index contributed by atoms with van der Waals surface area (Å²) in [6.07, 6.45) is -4.48. The second-order valence-corrected chi connectivity index (χ2v) is 5.74. The number of carbonyl (C=O) groups excluding carboxylic acids is 1. The smallest absolute Gasteiger partial charge is 0.288 e. The van der Waals surface area contributed by atoms with E-state index in [1.54, 1.807) is 0 Å². The highest BCUT2D eigenvalue weighted by Crippen LogP contribution is 2.40. The molecule has 0 aliphatic rings. The monoisotopic (exact) mass is 368 g/mol. The summed E-state index contributed by atoms with van der Waals surface area (Å²) >= 11 is 9.29. The number of rotatable bonds is 2. The first-order valence-corrected chi connectivity index (χ1v) is 7.00. The van der Waals surface area contributed by atoms with Crippen LogP contribution >= 0.6 is 38.9 Å². The second-order valence-electron chi connectivity index (χ2n) is 3.63. The average molecular weight is 370 g/mol. The molecule has 19 heavy (non-hydrogen) atoms. The summed E-state index contributed by atoms with van der Waals surface area (Å²) in [4.78, 5) is 12.1. The van der Waals surface area contributed by atoms with E-state index < -0.39 is 17.5 Å². The molecule has 1 aromatic carbocycles. The van der Waals surface area contributed by atoms with Crippen LogP contribution in [0.2, 0.25) is 5.02 Å². The Kier molecular flexibility index (Phi) is 4.03. The van der Waals surface area contributed by atoms with Gasteiger partial charge in [-0.3, -0.25) is 4.79 Å². The third kappa shape index (κ3) is 3.01. The molecule has 1 heterocycles. The van der Waals surface area contributed by atoms with Gasteiger partial charge in [0.05, 0.1) is 14.9 Å². The summed E-state index contributed by atoms with van der Waals surface area (Å²) in [5, 5.41) is 1.38. The second kappa shape index (κ2) is 5.26. The Morgan fingerprint density at radius 3 is 2.26 bits per heavy atom. The number of benzene rings is 1. The molecule has 0 saturated heterocycles. The first-order valence-electron chi connectivity index (χ1n) is 4.95. The normalized spacial score (nSPS) is 11.6. The number of hydrogen-bond donors (Lipinski definition) is 0. The van der Waals surface area contributed by atoms with Crippen molar-refractivity contribution in [3.63, 3.8) is 0 Å². The van der Waals surface area contributed by atoms with Crippen molar-refractivity contribution in [1.82, 2.24) is 0 Å². The first kappa shape index (κ1) is 14.6. The highest BCUT2D eigenvalue weighted by atomic mass is 79.9. The maximum Gasteiger partial charge on any atom is 0.418 e. The molecule has 0 bridgehead atoms. The van der Waals surface area contributed by atoms with Crippen LogP contribution < -0.4 is 0 Å². The van der Waals surface area contributed by atoms with Gasteiger partial charge in [-0.15, -0.1) is 11.3 Å². The highest BCUT2D eigenvalue weighted by molar-refractivity contribution is 9.10. The van der Waals surface area contributed by atoms with Gasteiger partial charge >= 0.3 is 6.18 Å². The Bertz CT molecular complexity index is 619. The molecule has 0 saturated carbocycles. The number of alkyl halides is 3. The minimum Gasteiger partial charge on any atom is -0.288 e. The number of ketones is 1. The molecule has 7 heteroatoms. The molecular formula is C12H5BrClF3OS. The summed E-state index contributed by atoms with van der Waals surface area (Å²) < 4.78 is 37.7. The van der Waals surface area contributed by atoms with Crippen molar-refractivity contribution in [2.24, 2.45) is 0 Å². The summed E-state index contributed by atoms with van der Waals surface area (Å²) in [6, 6.07) is 5.98. The van der Waals surface area contributed by atoms with Gasteiger partial charge < -0.3 is 0 Å². The van der Waals surface area contributed by atoms with Crippen molar-refractivity contribution >= 4 is 44.7 Å². The average Bonchev–Trinajstić information content (AvgIpc) is 2.71. The van der Waals surface area contributed by atoms with E-state index >= 15 is 0 Å². The van der Waals surface area contributed by atoms with Crippen LogP contribution in [0.5, 0.6) is 0 Å². The van der Waals surface area contributed by atoms with Crippen LogP contribution in [-0.2, 0) is 6.18 Å². The van der Waals surface area contributed by atoms with Crippen LogP contribution in [0.1, 0.15) is 20.8 Å². The molecule has 0 amide bonds. The Morgan fingerprint density at radius 2 is 1.79 bits per heavy atom. The first-order chi connectivity index (χ1) is 8.80. The van der Waals surface area contributed by atoms with Crippen molar-refractivity contribution in [3.05, 3.63) is 55.1 Å². The van der Waals surface area contributed by atoms with Gasteiger partial charge in [0.1, 0.15) is 0 Å². The Labute approximate surface area is 124 Å². The van der Waals surface area contributed by atoms with Crippen LogP contribution in [0.3, 0.4) is 0 Å². The molecule has 2 rings (SSSR count). The molecule has 0 fully saturated rings. The molecule has 0 unspecified atom stereocenters. The van der Waals surface area contributed by atoms with Crippen LogP contribution in [0, 0.1) is 0 Å². The minimum atomic E-state index is -4.48. The molecule has 100 valence electrons. The molecule has 0 radical (unpaired) electrons. The Hall–Kier alpha value is -0.850. The fourth-order valence-electron chi connectivity index (χ4n) is 1.42. The van der Waals surface area contributed by atoms with Gasteiger partial charge in [-0.25, -0.2) is 0 Å². The SMILES string of the molecule is O=C(c1ccc(Cl)cc1)c1scc(C(F)(F)F)c1Br. The lowest BCUT2D eigenvalue weighted by Gasteiger charge is -2.04. The molecule has 0 spiro atoms.